The van der Waals surface area contributed by atoms with Crippen LogP contribution in [0.15, 0.2) is 54.6 Å². The highest BCUT2D eigenvalue weighted by Crippen LogP contribution is 2.32. The zero-order valence-electron chi connectivity index (χ0n) is 15.8. The molecule has 0 amide bonds. The number of imidazole rings is 1. The van der Waals surface area contributed by atoms with Crippen LogP contribution in [0.5, 0.6) is 0 Å². The number of benzene rings is 2. The van der Waals surface area contributed by atoms with E-state index < -0.39 is 4.92 Å². The minimum absolute atomic E-state index is 0.0448. The molecule has 4 aromatic rings. The number of hydrogen-bond donors (Lipinski definition) is 2. The Hall–Kier alpha value is -3.68. The number of nitro groups is 1. The molecule has 2 heterocycles. The van der Waals surface area contributed by atoms with Crippen LogP contribution in [0.3, 0.4) is 0 Å². The first-order valence-electron chi connectivity index (χ1n) is 8.89. The van der Waals surface area contributed by atoms with E-state index in [-0.39, 0.29) is 11.2 Å². The van der Waals surface area contributed by atoms with Gasteiger partial charge >= 0.3 is 0 Å². The van der Waals surface area contributed by atoms with E-state index in [1.807, 2.05) is 34.8 Å². The molecule has 142 valence electrons. The predicted molar refractivity (Wildman–Crippen MR) is 108 cm³/mol. The van der Waals surface area contributed by atoms with Gasteiger partial charge in [0.1, 0.15) is 5.69 Å². The quantitative estimate of drug-likeness (QED) is 0.403. The van der Waals surface area contributed by atoms with Crippen LogP contribution in [0.25, 0.3) is 28.4 Å². The van der Waals surface area contributed by atoms with Crippen molar-refractivity contribution >= 4 is 17.3 Å². The lowest BCUT2D eigenvalue weighted by Gasteiger charge is -2.22. The highest BCUT2D eigenvalue weighted by Gasteiger charge is 2.22. The number of nitrogens with one attached hydrogen (secondary N) is 2. The van der Waals surface area contributed by atoms with Gasteiger partial charge in [-0.15, -0.1) is 0 Å². The Morgan fingerprint density at radius 2 is 1.68 bits per heavy atom. The van der Waals surface area contributed by atoms with Crippen LogP contribution in [-0.2, 0) is 0 Å². The molecule has 8 heteroatoms. The summed E-state index contributed by atoms with van der Waals surface area (Å²) in [5.41, 5.74) is 2.25. The van der Waals surface area contributed by atoms with Gasteiger partial charge in [0.15, 0.2) is 11.6 Å². The Bertz CT molecular complexity index is 1140. The van der Waals surface area contributed by atoms with Crippen LogP contribution in [0, 0.1) is 10.1 Å². The number of aromatic amines is 1. The largest absolute Gasteiger partial charge is 0.364 e. The van der Waals surface area contributed by atoms with E-state index in [4.69, 9.17) is 0 Å². The zero-order chi connectivity index (χ0) is 19.9. The number of anilines is 1. The first-order valence-corrected chi connectivity index (χ1v) is 8.89. The summed E-state index contributed by atoms with van der Waals surface area (Å²) in [4.78, 5) is 19.8. The Balaban J connectivity index is 1.85. The van der Waals surface area contributed by atoms with Gasteiger partial charge in [0.05, 0.1) is 4.92 Å². The third kappa shape index (κ3) is 3.32. The fourth-order valence-corrected chi connectivity index (χ4v) is 2.96. The monoisotopic (exact) mass is 376 g/mol. The lowest BCUT2D eigenvalue weighted by atomic mass is 10.1. The van der Waals surface area contributed by atoms with E-state index in [2.05, 4.69) is 41.2 Å². The smallest absolute Gasteiger partial charge is 0.269 e. The van der Waals surface area contributed by atoms with Crippen molar-refractivity contribution in [1.82, 2.24) is 19.6 Å². The first kappa shape index (κ1) is 17.7. The summed E-state index contributed by atoms with van der Waals surface area (Å²) in [6.45, 7) is 6.17. The summed E-state index contributed by atoms with van der Waals surface area (Å²) in [7, 11) is 0. The SMILES string of the molecule is CC(C)(C)Nc1c(-c2ccc([N+](=O)[O-])cc2)nc2nc(-c3ccccc3)[nH]n12. The minimum Gasteiger partial charge on any atom is -0.364 e. The molecule has 4 rings (SSSR count). The molecule has 0 aliphatic heterocycles. The molecule has 0 saturated heterocycles. The molecule has 0 aliphatic rings. The molecule has 28 heavy (non-hydrogen) atoms. The molecule has 0 bridgehead atoms. The molecule has 0 saturated carbocycles. The van der Waals surface area contributed by atoms with Gasteiger partial charge in [-0.2, -0.15) is 4.98 Å². The number of non-ortho nitro benzene ring substituents is 1. The van der Waals surface area contributed by atoms with Gasteiger partial charge < -0.3 is 5.32 Å². The van der Waals surface area contributed by atoms with Crippen LogP contribution in [0.1, 0.15) is 20.8 Å². The molecular formula is C20H20N6O2. The minimum atomic E-state index is -0.413. The summed E-state index contributed by atoms with van der Waals surface area (Å²) >= 11 is 0. The Morgan fingerprint density at radius 3 is 2.29 bits per heavy atom. The van der Waals surface area contributed by atoms with Crippen LogP contribution in [-0.4, -0.2) is 30.0 Å². The number of hydrogen-bond acceptors (Lipinski definition) is 5. The standard InChI is InChI=1S/C20H20N6O2/c1-20(2,3)23-18-16(13-9-11-15(12-10-13)26(27)28)21-19-22-17(24-25(18)19)14-7-5-4-6-8-14/h4-12,23H,1-3H3,(H,21,22,24). The number of fused-ring (bicyclic) bond motifs is 1. The lowest BCUT2D eigenvalue weighted by Crippen LogP contribution is -2.27. The normalized spacial score (nSPS) is 11.7. The molecular weight excluding hydrogens is 356 g/mol. The number of H-pyrrole nitrogens is 1. The highest BCUT2D eigenvalue weighted by atomic mass is 16.6. The number of rotatable bonds is 4. The van der Waals surface area contributed by atoms with Gasteiger partial charge in [-0.3, -0.25) is 15.2 Å². The Kier molecular flexibility index (Phi) is 4.11. The summed E-state index contributed by atoms with van der Waals surface area (Å²) in [5.74, 6) is 2.00. The molecule has 0 radical (unpaired) electrons. The second kappa shape index (κ2) is 6.49. The number of aromatic nitrogens is 4. The van der Waals surface area contributed by atoms with E-state index in [1.54, 1.807) is 12.1 Å². The average molecular weight is 376 g/mol. The zero-order valence-corrected chi connectivity index (χ0v) is 15.8. The van der Waals surface area contributed by atoms with E-state index in [0.29, 0.717) is 11.5 Å². The molecule has 0 unspecified atom stereocenters. The van der Waals surface area contributed by atoms with Crippen molar-refractivity contribution in [2.45, 2.75) is 26.3 Å². The molecule has 0 spiro atoms. The molecule has 0 fully saturated rings. The van der Waals surface area contributed by atoms with Crippen molar-refractivity contribution in [3.05, 3.63) is 64.7 Å². The van der Waals surface area contributed by atoms with Gasteiger partial charge in [0.25, 0.3) is 11.5 Å². The maximum absolute atomic E-state index is 10.9. The van der Waals surface area contributed by atoms with Crippen LogP contribution < -0.4 is 5.32 Å². The summed E-state index contributed by atoms with van der Waals surface area (Å²) in [5, 5.41) is 17.7. The van der Waals surface area contributed by atoms with Crippen LogP contribution >= 0.6 is 0 Å². The first-order chi connectivity index (χ1) is 13.3. The second-order valence-electron chi connectivity index (χ2n) is 7.56. The lowest BCUT2D eigenvalue weighted by molar-refractivity contribution is -0.384. The van der Waals surface area contributed by atoms with Crippen molar-refractivity contribution in [2.24, 2.45) is 0 Å². The molecule has 0 atom stereocenters. The summed E-state index contributed by atoms with van der Waals surface area (Å²) in [6, 6.07) is 16.2. The maximum Gasteiger partial charge on any atom is 0.269 e. The fraction of sp³-hybridized carbons (Fsp3) is 0.200. The molecule has 0 aliphatic carbocycles. The van der Waals surface area contributed by atoms with E-state index in [9.17, 15) is 10.1 Å². The van der Waals surface area contributed by atoms with Crippen molar-refractivity contribution in [2.75, 3.05) is 5.32 Å². The molecule has 2 aromatic heterocycles. The van der Waals surface area contributed by atoms with Gasteiger partial charge in [-0.25, -0.2) is 9.50 Å². The third-order valence-corrected chi connectivity index (χ3v) is 4.18. The molecule has 8 nitrogen and oxygen atoms in total. The van der Waals surface area contributed by atoms with Crippen LogP contribution in [0.2, 0.25) is 0 Å². The van der Waals surface area contributed by atoms with Gasteiger partial charge in [0.2, 0.25) is 0 Å². The van der Waals surface area contributed by atoms with Gasteiger partial charge in [0, 0.05) is 28.8 Å². The highest BCUT2D eigenvalue weighted by molar-refractivity contribution is 5.77. The predicted octanol–water partition coefficient (Wildman–Crippen LogP) is 4.51. The van der Waals surface area contributed by atoms with E-state index >= 15 is 0 Å². The summed E-state index contributed by atoms with van der Waals surface area (Å²) < 4.78 is 1.81. The fourth-order valence-electron chi connectivity index (χ4n) is 2.96. The number of nitro benzene ring substituents is 1. The third-order valence-electron chi connectivity index (χ3n) is 4.18. The Morgan fingerprint density at radius 1 is 1.00 bits per heavy atom. The van der Waals surface area contributed by atoms with Gasteiger partial charge in [-0.05, 0) is 32.9 Å². The molecule has 2 aromatic carbocycles. The maximum atomic E-state index is 10.9. The van der Waals surface area contributed by atoms with Crippen molar-refractivity contribution in [3.63, 3.8) is 0 Å². The molecule has 2 N–H and O–H groups in total. The van der Waals surface area contributed by atoms with E-state index in [1.165, 1.54) is 12.1 Å². The van der Waals surface area contributed by atoms with Crippen molar-refractivity contribution in [1.29, 1.82) is 0 Å². The van der Waals surface area contributed by atoms with E-state index in [0.717, 1.165) is 22.8 Å². The van der Waals surface area contributed by atoms with Gasteiger partial charge in [-0.1, -0.05) is 30.3 Å². The average Bonchev–Trinajstić information content (AvgIpc) is 3.21. The number of nitrogens with zero attached hydrogens (tertiary/aromatic N) is 4. The Labute approximate surface area is 161 Å². The van der Waals surface area contributed by atoms with Crippen molar-refractivity contribution < 1.29 is 4.92 Å². The van der Waals surface area contributed by atoms with Crippen LogP contribution in [0.4, 0.5) is 11.5 Å². The topological polar surface area (TPSA) is 101 Å². The second-order valence-corrected chi connectivity index (χ2v) is 7.56. The van der Waals surface area contributed by atoms with Crippen molar-refractivity contribution in [3.8, 4) is 22.6 Å². The summed E-state index contributed by atoms with van der Waals surface area (Å²) in [6.07, 6.45) is 0.